The lowest BCUT2D eigenvalue weighted by atomic mass is 10.0. The summed E-state index contributed by atoms with van der Waals surface area (Å²) in [6.45, 7) is 6.14. The van der Waals surface area contributed by atoms with Gasteiger partial charge in [0.1, 0.15) is 0 Å². The molecule has 2 N–H and O–H groups in total. The van der Waals surface area contributed by atoms with Gasteiger partial charge in [0.2, 0.25) is 0 Å². The van der Waals surface area contributed by atoms with E-state index in [9.17, 15) is 15.2 Å². The number of aryl methyl sites for hydroxylation is 1. The SMILES string of the molecule is Cc1cc(NCCC(O)C(C)C)c(Cl)cc1[N+](=O)[O-]. The Morgan fingerprint density at radius 3 is 2.63 bits per heavy atom. The minimum Gasteiger partial charge on any atom is -0.393 e. The van der Waals surface area contributed by atoms with Crippen LogP contribution in [-0.4, -0.2) is 22.7 Å². The molecule has 1 aromatic carbocycles. The van der Waals surface area contributed by atoms with Gasteiger partial charge in [-0.25, -0.2) is 0 Å². The number of rotatable bonds is 6. The van der Waals surface area contributed by atoms with Crippen LogP contribution in [0.4, 0.5) is 11.4 Å². The highest BCUT2D eigenvalue weighted by atomic mass is 35.5. The quantitative estimate of drug-likeness (QED) is 0.621. The third kappa shape index (κ3) is 4.36. The Morgan fingerprint density at radius 2 is 2.11 bits per heavy atom. The molecular weight excluding hydrogens is 268 g/mol. The molecule has 0 aliphatic heterocycles. The van der Waals surface area contributed by atoms with Gasteiger partial charge in [-0.05, 0) is 25.3 Å². The van der Waals surface area contributed by atoms with Gasteiger partial charge in [-0.2, -0.15) is 0 Å². The summed E-state index contributed by atoms with van der Waals surface area (Å²) < 4.78 is 0. The normalized spacial score (nSPS) is 12.5. The lowest BCUT2D eigenvalue weighted by molar-refractivity contribution is -0.385. The van der Waals surface area contributed by atoms with Crippen LogP contribution in [0.15, 0.2) is 12.1 Å². The molecule has 0 bridgehead atoms. The molecule has 0 heterocycles. The van der Waals surface area contributed by atoms with Gasteiger partial charge in [-0.1, -0.05) is 25.4 Å². The Balaban J connectivity index is 2.70. The summed E-state index contributed by atoms with van der Waals surface area (Å²) in [6, 6.07) is 3.00. The van der Waals surface area contributed by atoms with Gasteiger partial charge in [0, 0.05) is 18.2 Å². The van der Waals surface area contributed by atoms with E-state index in [-0.39, 0.29) is 17.7 Å². The third-order valence-corrected chi connectivity index (χ3v) is 3.32. The molecule has 1 atom stereocenters. The van der Waals surface area contributed by atoms with Gasteiger partial charge in [-0.3, -0.25) is 10.1 Å². The lowest BCUT2D eigenvalue weighted by Crippen LogP contribution is -2.19. The van der Waals surface area contributed by atoms with Crippen LogP contribution in [0, 0.1) is 23.0 Å². The molecule has 0 aliphatic carbocycles. The molecule has 0 fully saturated rings. The Labute approximate surface area is 117 Å². The Kier molecular flexibility index (Phi) is 5.57. The molecule has 1 aromatic rings. The zero-order valence-corrected chi connectivity index (χ0v) is 12.1. The Hall–Kier alpha value is -1.33. The minimum absolute atomic E-state index is 0.0118. The molecule has 6 heteroatoms. The van der Waals surface area contributed by atoms with Gasteiger partial charge < -0.3 is 10.4 Å². The molecule has 0 saturated carbocycles. The van der Waals surface area contributed by atoms with Crippen molar-refractivity contribution in [2.45, 2.75) is 33.3 Å². The molecule has 5 nitrogen and oxygen atoms in total. The highest BCUT2D eigenvalue weighted by Crippen LogP contribution is 2.30. The number of halogens is 1. The second-order valence-corrected chi connectivity index (χ2v) is 5.31. The van der Waals surface area contributed by atoms with Gasteiger partial charge >= 0.3 is 0 Å². The number of benzene rings is 1. The van der Waals surface area contributed by atoms with Crippen molar-refractivity contribution in [2.24, 2.45) is 5.92 Å². The number of nitrogens with zero attached hydrogens (tertiary/aromatic N) is 1. The standard InChI is InChI=1S/C13H19ClN2O3/c1-8(2)13(17)4-5-15-11-6-9(3)12(16(18)19)7-10(11)14/h6-8,13,15,17H,4-5H2,1-3H3. The van der Waals surface area contributed by atoms with Gasteiger partial charge in [-0.15, -0.1) is 0 Å². The van der Waals surface area contributed by atoms with E-state index in [1.807, 2.05) is 13.8 Å². The second kappa shape index (κ2) is 6.73. The van der Waals surface area contributed by atoms with Crippen LogP contribution in [0.25, 0.3) is 0 Å². The van der Waals surface area contributed by atoms with Crippen LogP contribution in [0.1, 0.15) is 25.8 Å². The molecule has 0 radical (unpaired) electrons. The summed E-state index contributed by atoms with van der Waals surface area (Å²) in [6.07, 6.45) is 0.231. The molecule has 106 valence electrons. The molecule has 0 spiro atoms. The summed E-state index contributed by atoms with van der Waals surface area (Å²) in [4.78, 5) is 10.3. The van der Waals surface area contributed by atoms with E-state index in [0.717, 1.165) is 0 Å². The maximum atomic E-state index is 10.8. The fourth-order valence-electron chi connectivity index (χ4n) is 1.69. The topological polar surface area (TPSA) is 75.4 Å². The number of aliphatic hydroxyl groups is 1. The first kappa shape index (κ1) is 15.7. The van der Waals surface area contributed by atoms with Crippen molar-refractivity contribution in [3.63, 3.8) is 0 Å². The summed E-state index contributed by atoms with van der Waals surface area (Å²) >= 11 is 5.99. The van der Waals surface area contributed by atoms with Crippen molar-refractivity contribution >= 4 is 23.0 Å². The first-order valence-electron chi connectivity index (χ1n) is 6.19. The van der Waals surface area contributed by atoms with Crippen molar-refractivity contribution in [2.75, 3.05) is 11.9 Å². The van der Waals surface area contributed by atoms with E-state index in [0.29, 0.717) is 29.2 Å². The number of anilines is 1. The maximum Gasteiger partial charge on any atom is 0.273 e. The predicted octanol–water partition coefficient (Wildman–Crippen LogP) is 3.38. The van der Waals surface area contributed by atoms with Crippen molar-refractivity contribution in [1.82, 2.24) is 0 Å². The predicted molar refractivity (Wildman–Crippen MR) is 76.8 cm³/mol. The monoisotopic (exact) mass is 286 g/mol. The summed E-state index contributed by atoms with van der Waals surface area (Å²) in [7, 11) is 0. The maximum absolute atomic E-state index is 10.8. The Bertz CT molecular complexity index is 463. The molecule has 19 heavy (non-hydrogen) atoms. The van der Waals surface area contributed by atoms with Crippen LogP contribution in [0.5, 0.6) is 0 Å². The molecular formula is C13H19ClN2O3. The fourth-order valence-corrected chi connectivity index (χ4v) is 1.92. The number of nitro benzene ring substituents is 1. The summed E-state index contributed by atoms with van der Waals surface area (Å²) in [5.74, 6) is 0.205. The van der Waals surface area contributed by atoms with E-state index >= 15 is 0 Å². The number of nitrogens with one attached hydrogen (secondary N) is 1. The average Bonchev–Trinajstić information content (AvgIpc) is 2.32. The first-order valence-corrected chi connectivity index (χ1v) is 6.57. The second-order valence-electron chi connectivity index (χ2n) is 4.90. The molecule has 0 amide bonds. The summed E-state index contributed by atoms with van der Waals surface area (Å²) in [5, 5.41) is 23.8. The van der Waals surface area contributed by atoms with Gasteiger partial charge in [0.15, 0.2) is 0 Å². The van der Waals surface area contributed by atoms with Gasteiger partial charge in [0.05, 0.1) is 21.7 Å². The van der Waals surface area contributed by atoms with E-state index < -0.39 is 4.92 Å². The van der Waals surface area contributed by atoms with Crippen LogP contribution in [0.2, 0.25) is 5.02 Å². The molecule has 0 aromatic heterocycles. The zero-order chi connectivity index (χ0) is 14.6. The number of hydrogen-bond acceptors (Lipinski definition) is 4. The third-order valence-electron chi connectivity index (χ3n) is 3.01. The van der Waals surface area contributed by atoms with Crippen LogP contribution in [0.3, 0.4) is 0 Å². The number of hydrogen-bond donors (Lipinski definition) is 2. The van der Waals surface area contributed by atoms with E-state index in [2.05, 4.69) is 5.32 Å². The van der Waals surface area contributed by atoms with E-state index in [1.165, 1.54) is 6.07 Å². The molecule has 1 rings (SSSR count). The van der Waals surface area contributed by atoms with E-state index in [1.54, 1.807) is 13.0 Å². The largest absolute Gasteiger partial charge is 0.393 e. The van der Waals surface area contributed by atoms with Crippen LogP contribution < -0.4 is 5.32 Å². The molecule has 0 aliphatic rings. The Morgan fingerprint density at radius 1 is 1.47 bits per heavy atom. The molecule has 1 unspecified atom stereocenters. The highest BCUT2D eigenvalue weighted by molar-refractivity contribution is 6.33. The smallest absolute Gasteiger partial charge is 0.273 e. The van der Waals surface area contributed by atoms with Crippen LogP contribution >= 0.6 is 11.6 Å². The lowest BCUT2D eigenvalue weighted by Gasteiger charge is -2.15. The fraction of sp³-hybridized carbons (Fsp3) is 0.538. The average molecular weight is 287 g/mol. The van der Waals surface area contributed by atoms with Crippen LogP contribution in [-0.2, 0) is 0 Å². The van der Waals surface area contributed by atoms with E-state index in [4.69, 9.17) is 11.6 Å². The first-order chi connectivity index (χ1) is 8.82. The zero-order valence-electron chi connectivity index (χ0n) is 11.3. The number of nitro groups is 1. The van der Waals surface area contributed by atoms with Crippen molar-refractivity contribution < 1.29 is 10.0 Å². The van der Waals surface area contributed by atoms with Crippen molar-refractivity contribution in [3.05, 3.63) is 32.8 Å². The van der Waals surface area contributed by atoms with Gasteiger partial charge in [0.25, 0.3) is 5.69 Å². The minimum atomic E-state index is -0.451. The van der Waals surface area contributed by atoms with Crippen molar-refractivity contribution in [1.29, 1.82) is 0 Å². The number of aliphatic hydroxyl groups excluding tert-OH is 1. The summed E-state index contributed by atoms with van der Waals surface area (Å²) in [5.41, 5.74) is 1.22. The molecule has 0 saturated heterocycles. The highest BCUT2D eigenvalue weighted by Gasteiger charge is 2.14. The van der Waals surface area contributed by atoms with Crippen molar-refractivity contribution in [3.8, 4) is 0 Å².